The van der Waals surface area contributed by atoms with Crippen molar-refractivity contribution in [2.45, 2.75) is 18.8 Å². The summed E-state index contributed by atoms with van der Waals surface area (Å²) in [7, 11) is 4.00. The van der Waals surface area contributed by atoms with Gasteiger partial charge in [0.15, 0.2) is 0 Å². The van der Waals surface area contributed by atoms with Crippen LogP contribution >= 0.6 is 24.0 Å². The van der Waals surface area contributed by atoms with Crippen molar-refractivity contribution in [2.75, 3.05) is 19.0 Å². The van der Waals surface area contributed by atoms with Gasteiger partial charge in [-0.2, -0.15) is 0 Å². The monoisotopic (exact) mass is 341 g/mol. The zero-order valence-electron chi connectivity index (χ0n) is 12.3. The summed E-state index contributed by atoms with van der Waals surface area (Å²) in [5.41, 5.74) is 2.95. The fraction of sp³-hybridized carbons (Fsp3) is 0.333. The van der Waals surface area contributed by atoms with Gasteiger partial charge in [-0.1, -0.05) is 17.7 Å². The van der Waals surface area contributed by atoms with E-state index < -0.39 is 11.2 Å². The van der Waals surface area contributed by atoms with Crippen molar-refractivity contribution in [1.82, 2.24) is 9.97 Å². The molecule has 0 saturated heterocycles. The Kier molecular flexibility index (Phi) is 4.68. The van der Waals surface area contributed by atoms with Crippen LogP contribution in [0.5, 0.6) is 0 Å². The maximum Gasteiger partial charge on any atom is 0.326 e. The van der Waals surface area contributed by atoms with Crippen LogP contribution in [0.3, 0.4) is 0 Å². The Bertz CT molecular complexity index is 811. The zero-order valence-corrected chi connectivity index (χ0v) is 13.8. The molecule has 1 aliphatic rings. The van der Waals surface area contributed by atoms with Crippen LogP contribution in [0.25, 0.3) is 0 Å². The lowest BCUT2D eigenvalue weighted by molar-refractivity contribution is 0.764. The van der Waals surface area contributed by atoms with Crippen molar-refractivity contribution in [3.8, 4) is 0 Å². The van der Waals surface area contributed by atoms with Crippen molar-refractivity contribution < 1.29 is 0 Å². The van der Waals surface area contributed by atoms with Gasteiger partial charge in [0.05, 0.1) is 5.56 Å². The Hall–Kier alpha value is -1.72. The van der Waals surface area contributed by atoms with Gasteiger partial charge in [0, 0.05) is 25.7 Å². The highest BCUT2D eigenvalue weighted by Crippen LogP contribution is 2.39. The largest absolute Gasteiger partial charge is 0.378 e. The number of aromatic amines is 2. The standard InChI is InChI=1S/C15H16ClN3O2.ClH/c1-19(2)9-4-6-10-8(7-9)3-5-11(10)12-13(16)17-15(21)18-14(12)20;/h4,6-7,11H,3,5H2,1-2H3,(H2,17,18,20,21);1H. The predicted octanol–water partition coefficient (Wildman–Crippen LogP) is 2.28. The van der Waals surface area contributed by atoms with Crippen LogP contribution in [0.15, 0.2) is 27.8 Å². The molecule has 22 heavy (non-hydrogen) atoms. The molecule has 2 N–H and O–H groups in total. The molecule has 0 amide bonds. The summed E-state index contributed by atoms with van der Waals surface area (Å²) < 4.78 is 0. The molecule has 0 aliphatic heterocycles. The number of aromatic nitrogens is 2. The molecule has 118 valence electrons. The number of hydrogen-bond acceptors (Lipinski definition) is 3. The van der Waals surface area contributed by atoms with Crippen LogP contribution in [0.4, 0.5) is 5.69 Å². The van der Waals surface area contributed by atoms with E-state index in [0.29, 0.717) is 5.56 Å². The van der Waals surface area contributed by atoms with Crippen molar-refractivity contribution in [2.24, 2.45) is 0 Å². The Morgan fingerprint density at radius 1 is 1.23 bits per heavy atom. The molecule has 2 aromatic rings. The summed E-state index contributed by atoms with van der Waals surface area (Å²) in [5, 5.41) is 0.137. The molecule has 7 heteroatoms. The lowest BCUT2D eigenvalue weighted by Gasteiger charge is -2.16. The van der Waals surface area contributed by atoms with Gasteiger partial charge in [0.1, 0.15) is 5.15 Å². The van der Waals surface area contributed by atoms with Crippen LogP contribution in [-0.2, 0) is 6.42 Å². The third-order valence-corrected chi connectivity index (χ3v) is 4.30. The summed E-state index contributed by atoms with van der Waals surface area (Å²) in [6, 6.07) is 6.22. The van der Waals surface area contributed by atoms with Gasteiger partial charge < -0.3 is 4.90 Å². The van der Waals surface area contributed by atoms with Crippen LogP contribution < -0.4 is 16.1 Å². The highest BCUT2D eigenvalue weighted by atomic mass is 35.5. The number of nitrogens with zero attached hydrogens (tertiary/aromatic N) is 1. The van der Waals surface area contributed by atoms with E-state index in [1.807, 2.05) is 31.1 Å². The summed E-state index contributed by atoms with van der Waals surface area (Å²) >= 11 is 6.08. The van der Waals surface area contributed by atoms with Crippen LogP contribution in [0.2, 0.25) is 5.15 Å². The van der Waals surface area contributed by atoms with E-state index in [2.05, 4.69) is 16.0 Å². The van der Waals surface area contributed by atoms with Gasteiger partial charge in [-0.05, 0) is 36.1 Å². The predicted molar refractivity (Wildman–Crippen MR) is 90.9 cm³/mol. The summed E-state index contributed by atoms with van der Waals surface area (Å²) in [6.07, 6.45) is 1.72. The number of anilines is 1. The van der Waals surface area contributed by atoms with Crippen molar-refractivity contribution >= 4 is 29.7 Å². The Morgan fingerprint density at radius 2 is 1.95 bits per heavy atom. The molecular weight excluding hydrogens is 325 g/mol. The molecule has 1 atom stereocenters. The van der Waals surface area contributed by atoms with Gasteiger partial charge >= 0.3 is 5.69 Å². The van der Waals surface area contributed by atoms with E-state index in [1.165, 1.54) is 5.56 Å². The summed E-state index contributed by atoms with van der Waals surface area (Å²) in [5.74, 6) is -0.0655. The number of benzene rings is 1. The number of rotatable bonds is 2. The quantitative estimate of drug-likeness (QED) is 0.823. The number of nitrogens with one attached hydrogen (secondary N) is 2. The number of halogens is 2. The minimum atomic E-state index is -0.574. The van der Waals surface area contributed by atoms with Crippen molar-refractivity contribution in [3.63, 3.8) is 0 Å². The van der Waals surface area contributed by atoms with Crippen molar-refractivity contribution in [3.05, 3.63) is 60.9 Å². The second-order valence-electron chi connectivity index (χ2n) is 5.50. The molecule has 1 aliphatic carbocycles. The first kappa shape index (κ1) is 16.6. The number of hydrogen-bond donors (Lipinski definition) is 2. The number of fused-ring (bicyclic) bond motifs is 1. The van der Waals surface area contributed by atoms with Crippen LogP contribution in [0.1, 0.15) is 29.0 Å². The van der Waals surface area contributed by atoms with Gasteiger partial charge in [-0.3, -0.25) is 14.8 Å². The van der Waals surface area contributed by atoms with E-state index >= 15 is 0 Å². The molecule has 3 rings (SSSR count). The topological polar surface area (TPSA) is 69.0 Å². The van der Waals surface area contributed by atoms with Crippen LogP contribution in [-0.4, -0.2) is 24.1 Å². The first-order chi connectivity index (χ1) is 9.97. The van der Waals surface area contributed by atoms with E-state index in [4.69, 9.17) is 11.6 Å². The van der Waals surface area contributed by atoms with E-state index in [-0.39, 0.29) is 23.5 Å². The van der Waals surface area contributed by atoms with Crippen molar-refractivity contribution in [1.29, 1.82) is 0 Å². The van der Waals surface area contributed by atoms with E-state index in [9.17, 15) is 9.59 Å². The SMILES string of the molecule is CN(C)c1ccc2c(c1)CCC2c1c(Cl)[nH]c(=O)[nH]c1=O.Cl. The normalized spacial score (nSPS) is 16.0. The summed E-state index contributed by atoms with van der Waals surface area (Å²) in [4.78, 5) is 30.1. The molecule has 0 bridgehead atoms. The molecule has 5 nitrogen and oxygen atoms in total. The molecule has 1 aromatic carbocycles. The van der Waals surface area contributed by atoms with Gasteiger partial charge in [0.2, 0.25) is 0 Å². The third-order valence-electron chi connectivity index (χ3n) is 4.00. The first-order valence-electron chi connectivity index (χ1n) is 6.79. The molecule has 1 heterocycles. The Morgan fingerprint density at radius 3 is 2.59 bits per heavy atom. The Labute approximate surface area is 138 Å². The minimum absolute atomic E-state index is 0. The zero-order chi connectivity index (χ0) is 15.1. The second kappa shape index (κ2) is 6.18. The maximum atomic E-state index is 12.1. The minimum Gasteiger partial charge on any atom is -0.378 e. The lowest BCUT2D eigenvalue weighted by atomic mass is 9.95. The highest BCUT2D eigenvalue weighted by Gasteiger charge is 2.28. The first-order valence-corrected chi connectivity index (χ1v) is 7.17. The van der Waals surface area contributed by atoms with E-state index in [0.717, 1.165) is 24.1 Å². The smallest absolute Gasteiger partial charge is 0.326 e. The lowest BCUT2D eigenvalue weighted by Crippen LogP contribution is -2.27. The Balaban J connectivity index is 0.00000176. The molecule has 0 saturated carbocycles. The number of aryl methyl sites for hydroxylation is 1. The maximum absolute atomic E-state index is 12.1. The highest BCUT2D eigenvalue weighted by molar-refractivity contribution is 6.30. The van der Waals surface area contributed by atoms with Crippen LogP contribution in [0, 0.1) is 0 Å². The molecule has 1 aromatic heterocycles. The average molecular weight is 342 g/mol. The van der Waals surface area contributed by atoms with Gasteiger partial charge in [-0.25, -0.2) is 4.79 Å². The fourth-order valence-electron chi connectivity index (χ4n) is 2.96. The summed E-state index contributed by atoms with van der Waals surface area (Å²) in [6.45, 7) is 0. The second-order valence-corrected chi connectivity index (χ2v) is 5.88. The molecule has 0 spiro atoms. The number of H-pyrrole nitrogens is 2. The molecule has 0 fully saturated rings. The third kappa shape index (κ3) is 2.78. The molecule has 1 unspecified atom stereocenters. The van der Waals surface area contributed by atoms with Gasteiger partial charge in [-0.15, -0.1) is 12.4 Å². The fourth-order valence-corrected chi connectivity index (χ4v) is 3.26. The molecular formula is C15H17Cl2N3O2. The van der Waals surface area contributed by atoms with Gasteiger partial charge in [0.25, 0.3) is 5.56 Å². The van der Waals surface area contributed by atoms with E-state index in [1.54, 1.807) is 0 Å². The average Bonchev–Trinajstić information content (AvgIpc) is 2.80. The molecule has 0 radical (unpaired) electrons.